The van der Waals surface area contributed by atoms with Crippen LogP contribution in [0.2, 0.25) is 0 Å². The number of carbonyl (C=O) groups is 3. The van der Waals surface area contributed by atoms with Crippen molar-refractivity contribution in [2.24, 2.45) is 0 Å². The lowest BCUT2D eigenvalue weighted by Gasteiger charge is -2.29. The molecule has 0 unspecified atom stereocenters. The molecule has 1 heterocycles. The molecule has 0 aromatic heterocycles. The molecule has 4 aromatic carbocycles. The van der Waals surface area contributed by atoms with Crippen LogP contribution in [-0.2, 0) is 16.0 Å². The Labute approximate surface area is 256 Å². The molecule has 0 atom stereocenters. The normalized spacial score (nSPS) is 12.7. The lowest BCUT2D eigenvalue weighted by molar-refractivity contribution is -0.116. The summed E-state index contributed by atoms with van der Waals surface area (Å²) in [6, 6.07) is 31.4. The molecular formula is C35H33N3O4S. The van der Waals surface area contributed by atoms with Gasteiger partial charge < -0.3 is 20.3 Å². The van der Waals surface area contributed by atoms with E-state index in [9.17, 15) is 14.4 Å². The molecule has 0 radical (unpaired) electrons. The lowest BCUT2D eigenvalue weighted by Crippen LogP contribution is -2.36. The van der Waals surface area contributed by atoms with E-state index < -0.39 is 5.91 Å². The molecule has 218 valence electrons. The quantitative estimate of drug-likeness (QED) is 0.161. The van der Waals surface area contributed by atoms with Crippen LogP contribution in [0.5, 0.6) is 5.75 Å². The Morgan fingerprint density at radius 2 is 1.60 bits per heavy atom. The molecular weight excluding hydrogens is 558 g/mol. The van der Waals surface area contributed by atoms with Gasteiger partial charge in [-0.25, -0.2) is 0 Å². The van der Waals surface area contributed by atoms with Crippen LogP contribution in [0.4, 0.5) is 11.4 Å². The number of nitrogens with one attached hydrogen (secondary N) is 2. The summed E-state index contributed by atoms with van der Waals surface area (Å²) in [5, 5.41) is 5.63. The van der Waals surface area contributed by atoms with Gasteiger partial charge in [0, 0.05) is 28.4 Å². The van der Waals surface area contributed by atoms with Crippen LogP contribution < -0.4 is 20.3 Å². The highest BCUT2D eigenvalue weighted by atomic mass is 32.2. The molecule has 7 nitrogen and oxygen atoms in total. The number of benzene rings is 4. The van der Waals surface area contributed by atoms with Crippen LogP contribution in [-0.4, -0.2) is 36.6 Å². The van der Waals surface area contributed by atoms with E-state index in [1.165, 1.54) is 17.3 Å². The Bertz CT molecular complexity index is 1600. The number of fused-ring (bicyclic) bond motifs is 1. The molecule has 8 heteroatoms. The third-order valence-corrected chi connectivity index (χ3v) is 7.91. The van der Waals surface area contributed by atoms with Gasteiger partial charge in [-0.15, -0.1) is 11.8 Å². The number of hydrogen-bond donors (Lipinski definition) is 2. The molecule has 4 aromatic rings. The van der Waals surface area contributed by atoms with Gasteiger partial charge in [0.25, 0.3) is 11.8 Å². The summed E-state index contributed by atoms with van der Waals surface area (Å²) < 4.78 is 5.51. The van der Waals surface area contributed by atoms with Crippen LogP contribution in [0.1, 0.15) is 34.8 Å². The van der Waals surface area contributed by atoms with Crippen LogP contribution in [0.3, 0.4) is 0 Å². The molecule has 0 bridgehead atoms. The summed E-state index contributed by atoms with van der Waals surface area (Å²) in [6.07, 6.45) is 3.58. The SMILES string of the molecule is CCOc1ccc(/C=C(\NC(=O)c2ccccc2)C(=O)Nc2ccc(SCC(=O)N3CCCc4ccccc43)cc2)cc1. The highest BCUT2D eigenvalue weighted by molar-refractivity contribution is 8.00. The van der Waals surface area contributed by atoms with Crippen molar-refractivity contribution >= 4 is 46.9 Å². The Balaban J connectivity index is 1.24. The van der Waals surface area contributed by atoms with Gasteiger partial charge in [0.05, 0.1) is 12.4 Å². The summed E-state index contributed by atoms with van der Waals surface area (Å²) in [4.78, 5) is 42.1. The molecule has 3 amide bonds. The fraction of sp³-hybridized carbons (Fsp3) is 0.171. The minimum absolute atomic E-state index is 0.0766. The summed E-state index contributed by atoms with van der Waals surface area (Å²) in [5.74, 6) is 0.269. The maximum Gasteiger partial charge on any atom is 0.272 e. The molecule has 2 N–H and O–H groups in total. The zero-order chi connectivity index (χ0) is 30.0. The summed E-state index contributed by atoms with van der Waals surface area (Å²) >= 11 is 1.46. The second-order valence-corrected chi connectivity index (χ2v) is 11.0. The summed E-state index contributed by atoms with van der Waals surface area (Å²) in [7, 11) is 0. The smallest absolute Gasteiger partial charge is 0.272 e. The van der Waals surface area contributed by atoms with E-state index in [0.29, 0.717) is 23.6 Å². The van der Waals surface area contributed by atoms with Crippen molar-refractivity contribution in [2.45, 2.75) is 24.7 Å². The van der Waals surface area contributed by atoms with E-state index in [2.05, 4.69) is 16.7 Å². The third-order valence-electron chi connectivity index (χ3n) is 6.92. The molecule has 0 saturated heterocycles. The number of ether oxygens (including phenoxy) is 1. The molecule has 1 aliphatic rings. The number of anilines is 2. The van der Waals surface area contributed by atoms with Gasteiger partial charge in [-0.1, -0.05) is 48.5 Å². The number of para-hydroxylation sites is 1. The van der Waals surface area contributed by atoms with Crippen molar-refractivity contribution in [1.82, 2.24) is 5.32 Å². The minimum Gasteiger partial charge on any atom is -0.494 e. The first-order chi connectivity index (χ1) is 21.0. The van der Waals surface area contributed by atoms with Gasteiger partial charge in [-0.05, 0) is 91.6 Å². The van der Waals surface area contributed by atoms with Gasteiger partial charge in [-0.2, -0.15) is 0 Å². The van der Waals surface area contributed by atoms with Gasteiger partial charge in [0.2, 0.25) is 5.91 Å². The van der Waals surface area contributed by atoms with E-state index >= 15 is 0 Å². The molecule has 43 heavy (non-hydrogen) atoms. The average molecular weight is 592 g/mol. The standard InChI is InChI=1S/C35H33N3O4S/c1-2-42-29-18-14-25(15-19-29)23-31(37-34(40)27-10-4-3-5-11-27)35(41)36-28-16-20-30(21-17-28)43-24-33(39)38-22-8-12-26-9-6-7-13-32(26)38/h3-7,9-11,13-21,23H,2,8,12,22,24H2,1H3,(H,36,41)(H,37,40)/b31-23-. The molecule has 0 spiro atoms. The van der Waals surface area contributed by atoms with Crippen molar-refractivity contribution < 1.29 is 19.1 Å². The van der Waals surface area contributed by atoms with E-state index in [1.807, 2.05) is 72.5 Å². The zero-order valence-corrected chi connectivity index (χ0v) is 24.7. The van der Waals surface area contributed by atoms with Crippen molar-refractivity contribution in [3.05, 3.63) is 126 Å². The van der Waals surface area contributed by atoms with Gasteiger partial charge in [0.15, 0.2) is 0 Å². The highest BCUT2D eigenvalue weighted by Crippen LogP contribution is 2.28. The van der Waals surface area contributed by atoms with Gasteiger partial charge in [-0.3, -0.25) is 14.4 Å². The Morgan fingerprint density at radius 3 is 2.35 bits per heavy atom. The van der Waals surface area contributed by atoms with Crippen LogP contribution in [0, 0.1) is 0 Å². The third kappa shape index (κ3) is 7.93. The fourth-order valence-electron chi connectivity index (χ4n) is 4.78. The van der Waals surface area contributed by atoms with E-state index in [0.717, 1.165) is 41.3 Å². The number of rotatable bonds is 10. The maximum atomic E-state index is 13.4. The van der Waals surface area contributed by atoms with Crippen molar-refractivity contribution in [3.8, 4) is 5.75 Å². The molecule has 5 rings (SSSR count). The van der Waals surface area contributed by atoms with Crippen molar-refractivity contribution in [2.75, 3.05) is 29.1 Å². The van der Waals surface area contributed by atoms with Crippen LogP contribution >= 0.6 is 11.8 Å². The summed E-state index contributed by atoms with van der Waals surface area (Å²) in [5.41, 5.74) is 4.06. The predicted octanol–water partition coefficient (Wildman–Crippen LogP) is 6.57. The number of carbonyl (C=O) groups excluding carboxylic acids is 3. The predicted molar refractivity (Wildman–Crippen MR) is 172 cm³/mol. The monoisotopic (exact) mass is 591 g/mol. The first-order valence-electron chi connectivity index (χ1n) is 14.2. The second-order valence-electron chi connectivity index (χ2n) is 9.93. The number of amides is 3. The average Bonchev–Trinajstić information content (AvgIpc) is 3.05. The number of aryl methyl sites for hydroxylation is 1. The highest BCUT2D eigenvalue weighted by Gasteiger charge is 2.22. The minimum atomic E-state index is -0.461. The fourth-order valence-corrected chi connectivity index (χ4v) is 5.56. The molecule has 0 saturated carbocycles. The topological polar surface area (TPSA) is 87.7 Å². The molecule has 0 fully saturated rings. The van der Waals surface area contributed by atoms with Gasteiger partial charge in [0.1, 0.15) is 11.4 Å². The Morgan fingerprint density at radius 1 is 0.884 bits per heavy atom. The van der Waals surface area contributed by atoms with E-state index in [1.54, 1.807) is 42.5 Å². The first kappa shape index (κ1) is 29.7. The van der Waals surface area contributed by atoms with Gasteiger partial charge >= 0.3 is 0 Å². The van der Waals surface area contributed by atoms with Crippen LogP contribution in [0.25, 0.3) is 6.08 Å². The summed E-state index contributed by atoms with van der Waals surface area (Å²) in [6.45, 7) is 3.19. The first-order valence-corrected chi connectivity index (χ1v) is 15.2. The Kier molecular flexibility index (Phi) is 9.92. The van der Waals surface area contributed by atoms with E-state index in [4.69, 9.17) is 4.74 Å². The molecule has 1 aliphatic heterocycles. The second kappa shape index (κ2) is 14.4. The maximum absolute atomic E-state index is 13.4. The largest absolute Gasteiger partial charge is 0.494 e. The van der Waals surface area contributed by atoms with Crippen molar-refractivity contribution in [3.63, 3.8) is 0 Å². The van der Waals surface area contributed by atoms with Crippen molar-refractivity contribution in [1.29, 1.82) is 0 Å². The Hall–Kier alpha value is -4.82. The molecule has 0 aliphatic carbocycles. The lowest BCUT2D eigenvalue weighted by atomic mass is 10.0. The number of thioether (sulfide) groups is 1. The number of hydrogen-bond acceptors (Lipinski definition) is 5. The number of nitrogens with zero attached hydrogens (tertiary/aromatic N) is 1. The van der Waals surface area contributed by atoms with E-state index in [-0.39, 0.29) is 17.5 Å². The van der Waals surface area contributed by atoms with Crippen LogP contribution in [0.15, 0.2) is 114 Å². The zero-order valence-electron chi connectivity index (χ0n) is 23.9.